The summed E-state index contributed by atoms with van der Waals surface area (Å²) >= 11 is 0. The minimum absolute atomic E-state index is 0.0468. The second kappa shape index (κ2) is 8.59. The van der Waals surface area contributed by atoms with E-state index in [2.05, 4.69) is 61.5 Å². The van der Waals surface area contributed by atoms with E-state index in [1.54, 1.807) is 0 Å². The van der Waals surface area contributed by atoms with Crippen LogP contribution in [0.3, 0.4) is 0 Å². The van der Waals surface area contributed by atoms with Crippen molar-refractivity contribution in [3.05, 3.63) is 11.6 Å². The second-order valence-corrected chi connectivity index (χ2v) is 14.7. The molecule has 0 spiro atoms. The van der Waals surface area contributed by atoms with E-state index in [0.717, 1.165) is 38.5 Å². The summed E-state index contributed by atoms with van der Waals surface area (Å²) in [5.74, 6) is 1.74. The summed E-state index contributed by atoms with van der Waals surface area (Å²) in [6, 6.07) is 0. The lowest BCUT2D eigenvalue weighted by atomic mass is 9.35. The molecule has 3 nitrogen and oxygen atoms in total. The summed E-state index contributed by atoms with van der Waals surface area (Å²) in [5.41, 5.74) is 1.67. The molecule has 0 bridgehead atoms. The van der Waals surface area contributed by atoms with Crippen LogP contribution in [0.25, 0.3) is 0 Å². The van der Waals surface area contributed by atoms with Crippen LogP contribution in [0.1, 0.15) is 113 Å². The Labute approximate surface area is 210 Å². The fourth-order valence-electron chi connectivity index (χ4n) is 10.5. The maximum Gasteiger partial charge on any atom is 0.0685 e. The van der Waals surface area contributed by atoms with Gasteiger partial charge in [-0.2, -0.15) is 0 Å². The highest BCUT2D eigenvalue weighted by Crippen LogP contribution is 2.75. The number of fused-ring (bicyclic) bond motifs is 5. The van der Waals surface area contributed by atoms with Crippen molar-refractivity contribution in [3.63, 3.8) is 0 Å². The SMILES string of the molecule is CO[C@@](C)(CCC=C(C)C)C1CC[C@]2(C)[C@@H]1[C@H](O)CC1[C@@]3(C)CC[C@H](O)C(C)(C)C3CC[C@]12C. The van der Waals surface area contributed by atoms with Gasteiger partial charge in [-0.25, -0.2) is 0 Å². The Morgan fingerprint density at radius 3 is 2.21 bits per heavy atom. The van der Waals surface area contributed by atoms with Crippen LogP contribution in [0, 0.1) is 45.3 Å². The molecule has 0 heterocycles. The molecule has 196 valence electrons. The van der Waals surface area contributed by atoms with Crippen molar-refractivity contribution in [1.82, 2.24) is 0 Å². The number of allylic oxidation sites excluding steroid dienone is 2. The van der Waals surface area contributed by atoms with Gasteiger partial charge in [0.25, 0.3) is 0 Å². The van der Waals surface area contributed by atoms with Gasteiger partial charge in [0.15, 0.2) is 0 Å². The lowest BCUT2D eigenvalue weighted by Gasteiger charge is -2.70. The summed E-state index contributed by atoms with van der Waals surface area (Å²) in [4.78, 5) is 0. The van der Waals surface area contributed by atoms with E-state index in [4.69, 9.17) is 4.74 Å². The Morgan fingerprint density at radius 2 is 1.59 bits per heavy atom. The van der Waals surface area contributed by atoms with Gasteiger partial charge in [0.05, 0.1) is 17.8 Å². The van der Waals surface area contributed by atoms with Crippen molar-refractivity contribution in [3.8, 4) is 0 Å². The number of ether oxygens (including phenoxy) is 1. The maximum atomic E-state index is 11.9. The molecule has 4 aliphatic carbocycles. The first kappa shape index (κ1) is 26.7. The molecule has 3 heteroatoms. The molecule has 4 aliphatic rings. The van der Waals surface area contributed by atoms with Crippen molar-refractivity contribution in [1.29, 1.82) is 0 Å². The number of rotatable bonds is 5. The van der Waals surface area contributed by atoms with Crippen LogP contribution in [0.5, 0.6) is 0 Å². The fourth-order valence-corrected chi connectivity index (χ4v) is 10.5. The number of methoxy groups -OCH3 is 1. The van der Waals surface area contributed by atoms with E-state index < -0.39 is 0 Å². The van der Waals surface area contributed by atoms with Crippen molar-refractivity contribution < 1.29 is 14.9 Å². The van der Waals surface area contributed by atoms with E-state index in [-0.39, 0.29) is 39.5 Å². The van der Waals surface area contributed by atoms with Gasteiger partial charge in [-0.05, 0) is 124 Å². The number of aliphatic hydroxyl groups is 2. The highest BCUT2D eigenvalue weighted by atomic mass is 16.5. The van der Waals surface area contributed by atoms with Gasteiger partial charge in [0, 0.05) is 7.11 Å². The van der Waals surface area contributed by atoms with Gasteiger partial charge in [-0.15, -0.1) is 0 Å². The van der Waals surface area contributed by atoms with Crippen molar-refractivity contribution in [2.45, 2.75) is 131 Å². The zero-order chi connectivity index (χ0) is 25.3. The van der Waals surface area contributed by atoms with Gasteiger partial charge in [0.1, 0.15) is 0 Å². The molecule has 0 amide bonds. The third-order valence-electron chi connectivity index (χ3n) is 12.8. The highest BCUT2D eigenvalue weighted by molar-refractivity contribution is 5.20. The molecule has 0 radical (unpaired) electrons. The molecule has 34 heavy (non-hydrogen) atoms. The van der Waals surface area contributed by atoms with E-state index >= 15 is 0 Å². The predicted octanol–water partition coefficient (Wildman–Crippen LogP) is 7.15. The zero-order valence-electron chi connectivity index (χ0n) is 23.7. The fraction of sp³-hybridized carbons (Fsp3) is 0.935. The Hall–Kier alpha value is -0.380. The van der Waals surface area contributed by atoms with Crippen LogP contribution >= 0.6 is 0 Å². The van der Waals surface area contributed by atoms with Gasteiger partial charge in [-0.3, -0.25) is 0 Å². The third kappa shape index (κ3) is 3.61. The summed E-state index contributed by atoms with van der Waals surface area (Å²) in [6.45, 7) is 18.9. The molecule has 10 atom stereocenters. The molecule has 4 saturated carbocycles. The van der Waals surface area contributed by atoms with E-state index in [0.29, 0.717) is 23.7 Å². The van der Waals surface area contributed by atoms with Crippen LogP contribution in [-0.2, 0) is 4.74 Å². The normalized spacial score (nSPS) is 49.4. The molecular weight excluding hydrogens is 420 g/mol. The Kier molecular flexibility index (Phi) is 6.74. The summed E-state index contributed by atoms with van der Waals surface area (Å²) in [5, 5.41) is 22.8. The van der Waals surface area contributed by atoms with Crippen LogP contribution in [0.2, 0.25) is 0 Å². The molecule has 0 aromatic carbocycles. The van der Waals surface area contributed by atoms with Crippen LogP contribution in [0.15, 0.2) is 11.6 Å². The average molecular weight is 475 g/mol. The predicted molar refractivity (Wildman–Crippen MR) is 140 cm³/mol. The minimum Gasteiger partial charge on any atom is -0.393 e. The Balaban J connectivity index is 1.68. The van der Waals surface area contributed by atoms with Crippen molar-refractivity contribution >= 4 is 0 Å². The lowest BCUT2D eigenvalue weighted by Crippen LogP contribution is -2.66. The summed E-state index contributed by atoms with van der Waals surface area (Å²) < 4.78 is 6.29. The van der Waals surface area contributed by atoms with E-state index in [1.165, 1.54) is 24.8 Å². The Bertz CT molecular complexity index is 798. The van der Waals surface area contributed by atoms with Crippen molar-refractivity contribution in [2.24, 2.45) is 45.3 Å². The molecule has 0 aromatic rings. The molecule has 0 aromatic heterocycles. The zero-order valence-corrected chi connectivity index (χ0v) is 23.7. The summed E-state index contributed by atoms with van der Waals surface area (Å²) in [6.07, 6.45) is 11.6. The van der Waals surface area contributed by atoms with Gasteiger partial charge < -0.3 is 14.9 Å². The summed E-state index contributed by atoms with van der Waals surface area (Å²) in [7, 11) is 1.89. The quantitative estimate of drug-likeness (QED) is 0.416. The maximum absolute atomic E-state index is 11.9. The molecule has 3 unspecified atom stereocenters. The molecular formula is C31H54O3. The van der Waals surface area contributed by atoms with Gasteiger partial charge in [0.2, 0.25) is 0 Å². The minimum atomic E-state index is -0.265. The van der Waals surface area contributed by atoms with Crippen LogP contribution in [0.4, 0.5) is 0 Å². The monoisotopic (exact) mass is 474 g/mol. The standard InChI is InChI=1S/C31H54O3/c1-20(2)11-10-15-31(8,34-9)21-12-17-30(7)26(21)22(32)19-24-28(5)16-14-25(33)27(3,4)23(28)13-18-29(24,30)6/h11,21-26,32-33H,10,12-19H2,1-9H3/t21?,22-,23?,24?,25+,26+,28+,29-,30-,31+/m1/s1. The number of aliphatic hydroxyl groups excluding tert-OH is 2. The van der Waals surface area contributed by atoms with E-state index in [9.17, 15) is 10.2 Å². The molecule has 4 fully saturated rings. The highest BCUT2D eigenvalue weighted by Gasteiger charge is 2.71. The molecule has 0 saturated heterocycles. The first-order valence-corrected chi connectivity index (χ1v) is 14.2. The molecule has 2 N–H and O–H groups in total. The van der Waals surface area contributed by atoms with Crippen LogP contribution < -0.4 is 0 Å². The smallest absolute Gasteiger partial charge is 0.0685 e. The van der Waals surface area contributed by atoms with E-state index in [1.807, 2.05) is 7.11 Å². The Morgan fingerprint density at radius 1 is 0.941 bits per heavy atom. The average Bonchev–Trinajstić information content (AvgIpc) is 3.13. The number of hydrogen-bond acceptors (Lipinski definition) is 3. The van der Waals surface area contributed by atoms with Gasteiger partial charge in [-0.1, -0.05) is 46.3 Å². The topological polar surface area (TPSA) is 49.7 Å². The molecule has 0 aliphatic heterocycles. The third-order valence-corrected chi connectivity index (χ3v) is 12.8. The van der Waals surface area contributed by atoms with Gasteiger partial charge >= 0.3 is 0 Å². The number of hydrogen-bond donors (Lipinski definition) is 2. The van der Waals surface area contributed by atoms with Crippen LogP contribution in [-0.4, -0.2) is 35.1 Å². The second-order valence-electron chi connectivity index (χ2n) is 14.7. The first-order chi connectivity index (χ1) is 15.7. The molecule has 4 rings (SSSR count). The largest absolute Gasteiger partial charge is 0.393 e. The first-order valence-electron chi connectivity index (χ1n) is 14.2. The van der Waals surface area contributed by atoms with Crippen molar-refractivity contribution in [2.75, 3.05) is 7.11 Å². The lowest BCUT2D eigenvalue weighted by molar-refractivity contribution is -0.247.